The number of hydrogen-bond donors (Lipinski definition) is 0. The Labute approximate surface area is 123 Å². The predicted molar refractivity (Wildman–Crippen MR) is 80.2 cm³/mol. The average Bonchev–Trinajstić information content (AvgIpc) is 2.53. The second kappa shape index (κ2) is 6.88. The van der Waals surface area contributed by atoms with Crippen molar-refractivity contribution < 1.29 is 14.5 Å². The van der Waals surface area contributed by atoms with Crippen molar-refractivity contribution in [1.29, 1.82) is 0 Å². The largest absolute Gasteiger partial charge is 0.466 e. The van der Waals surface area contributed by atoms with Crippen LogP contribution >= 0.6 is 0 Å². The van der Waals surface area contributed by atoms with Gasteiger partial charge in [0.2, 0.25) is 0 Å². The van der Waals surface area contributed by atoms with Crippen LogP contribution < -0.4 is 4.90 Å². The van der Waals surface area contributed by atoms with E-state index in [0.717, 1.165) is 25.9 Å². The van der Waals surface area contributed by atoms with E-state index < -0.39 is 5.97 Å². The van der Waals surface area contributed by atoms with E-state index >= 15 is 0 Å². The summed E-state index contributed by atoms with van der Waals surface area (Å²) in [4.78, 5) is 24.0. The third kappa shape index (κ3) is 3.81. The second-order valence-electron chi connectivity index (χ2n) is 4.91. The molecular formula is C15H18N2O4. The van der Waals surface area contributed by atoms with E-state index in [1.807, 2.05) is 0 Å². The van der Waals surface area contributed by atoms with Gasteiger partial charge in [-0.3, -0.25) is 10.1 Å². The first-order chi connectivity index (χ1) is 10.1. The maximum Gasteiger partial charge on any atom is 0.330 e. The number of benzene rings is 1. The fraction of sp³-hybridized carbons (Fsp3) is 0.400. The fourth-order valence-electron chi connectivity index (χ4n) is 2.42. The molecule has 1 saturated heterocycles. The third-order valence-corrected chi connectivity index (χ3v) is 3.51. The van der Waals surface area contributed by atoms with Crippen LogP contribution in [0.25, 0.3) is 6.08 Å². The Bertz CT molecular complexity index is 563. The molecule has 0 bridgehead atoms. The quantitative estimate of drug-likeness (QED) is 0.369. The lowest BCUT2D eigenvalue weighted by atomic mass is 10.1. The Balaban J connectivity index is 2.28. The van der Waals surface area contributed by atoms with E-state index in [1.54, 1.807) is 12.1 Å². The molecule has 21 heavy (non-hydrogen) atoms. The standard InChI is InChI=1S/C15H18N2O4/c1-21-15(18)8-6-12-5-7-13(14(11-12)17(19)20)16-9-3-2-4-10-16/h5-8,11H,2-4,9-10H2,1H3/b8-6+. The first kappa shape index (κ1) is 15.0. The van der Waals surface area contributed by atoms with Crippen molar-refractivity contribution in [2.45, 2.75) is 19.3 Å². The average molecular weight is 290 g/mol. The molecule has 1 aliphatic rings. The molecular weight excluding hydrogens is 272 g/mol. The van der Waals surface area contributed by atoms with Crippen LogP contribution in [0.3, 0.4) is 0 Å². The summed E-state index contributed by atoms with van der Waals surface area (Å²) >= 11 is 0. The minimum absolute atomic E-state index is 0.0731. The van der Waals surface area contributed by atoms with Crippen LogP contribution in [-0.4, -0.2) is 31.1 Å². The molecule has 0 N–H and O–H groups in total. The highest BCUT2D eigenvalue weighted by molar-refractivity contribution is 5.87. The van der Waals surface area contributed by atoms with Gasteiger partial charge in [-0.1, -0.05) is 6.07 Å². The first-order valence-electron chi connectivity index (χ1n) is 6.91. The number of esters is 1. The molecule has 0 aliphatic carbocycles. The van der Waals surface area contributed by atoms with E-state index in [0.29, 0.717) is 11.3 Å². The van der Waals surface area contributed by atoms with Gasteiger partial charge in [0, 0.05) is 25.2 Å². The molecule has 0 amide bonds. The van der Waals surface area contributed by atoms with Gasteiger partial charge >= 0.3 is 5.97 Å². The smallest absolute Gasteiger partial charge is 0.330 e. The Morgan fingerprint density at radius 1 is 1.33 bits per heavy atom. The SMILES string of the molecule is COC(=O)/C=C/c1ccc(N2CCCCC2)c([N+](=O)[O-])c1. The number of piperidine rings is 1. The van der Waals surface area contributed by atoms with Gasteiger partial charge in [-0.2, -0.15) is 0 Å². The number of ether oxygens (including phenoxy) is 1. The second-order valence-corrected chi connectivity index (χ2v) is 4.91. The van der Waals surface area contributed by atoms with Crippen molar-refractivity contribution in [2.24, 2.45) is 0 Å². The molecule has 1 aromatic carbocycles. The normalized spacial score (nSPS) is 15.2. The molecule has 2 rings (SSSR count). The van der Waals surface area contributed by atoms with Gasteiger partial charge in [0.1, 0.15) is 5.69 Å². The highest BCUT2D eigenvalue weighted by atomic mass is 16.6. The van der Waals surface area contributed by atoms with Gasteiger partial charge in [0.15, 0.2) is 0 Å². The number of nitro groups is 1. The van der Waals surface area contributed by atoms with Crippen molar-refractivity contribution in [1.82, 2.24) is 0 Å². The van der Waals surface area contributed by atoms with Gasteiger partial charge in [-0.15, -0.1) is 0 Å². The van der Waals surface area contributed by atoms with E-state index in [-0.39, 0.29) is 10.6 Å². The zero-order chi connectivity index (χ0) is 15.2. The van der Waals surface area contributed by atoms with Crippen molar-refractivity contribution >= 4 is 23.4 Å². The number of anilines is 1. The van der Waals surface area contributed by atoms with Crippen molar-refractivity contribution in [3.8, 4) is 0 Å². The van der Waals surface area contributed by atoms with Gasteiger partial charge in [-0.25, -0.2) is 4.79 Å². The Morgan fingerprint density at radius 3 is 2.67 bits per heavy atom. The molecule has 0 aromatic heterocycles. The molecule has 1 aliphatic heterocycles. The Kier molecular flexibility index (Phi) is 4.92. The van der Waals surface area contributed by atoms with Crippen LogP contribution in [0.1, 0.15) is 24.8 Å². The van der Waals surface area contributed by atoms with Crippen LogP contribution in [0.15, 0.2) is 24.3 Å². The minimum atomic E-state index is -0.488. The van der Waals surface area contributed by atoms with Crippen LogP contribution in [0, 0.1) is 10.1 Å². The maximum absolute atomic E-state index is 11.3. The molecule has 6 nitrogen and oxygen atoms in total. The van der Waals surface area contributed by atoms with E-state index in [4.69, 9.17) is 0 Å². The number of methoxy groups -OCH3 is 1. The fourth-order valence-corrected chi connectivity index (χ4v) is 2.42. The van der Waals surface area contributed by atoms with Crippen molar-refractivity contribution in [3.63, 3.8) is 0 Å². The third-order valence-electron chi connectivity index (χ3n) is 3.51. The van der Waals surface area contributed by atoms with Gasteiger partial charge in [0.05, 0.1) is 12.0 Å². The monoisotopic (exact) mass is 290 g/mol. The number of hydrogen-bond acceptors (Lipinski definition) is 5. The summed E-state index contributed by atoms with van der Waals surface area (Å²) in [5.41, 5.74) is 1.33. The summed E-state index contributed by atoms with van der Waals surface area (Å²) in [7, 11) is 1.29. The maximum atomic E-state index is 11.3. The topological polar surface area (TPSA) is 72.7 Å². The number of nitrogens with zero attached hydrogens (tertiary/aromatic N) is 2. The summed E-state index contributed by atoms with van der Waals surface area (Å²) in [5.74, 6) is -0.488. The van der Waals surface area contributed by atoms with Crippen LogP contribution in [0.5, 0.6) is 0 Å². The number of rotatable bonds is 4. The summed E-state index contributed by atoms with van der Waals surface area (Å²) in [6.45, 7) is 1.69. The predicted octanol–water partition coefficient (Wildman–Crippen LogP) is 2.77. The lowest BCUT2D eigenvalue weighted by Crippen LogP contribution is -2.29. The Hall–Kier alpha value is -2.37. The molecule has 0 radical (unpaired) electrons. The number of carbonyl (C=O) groups excluding carboxylic acids is 1. The molecule has 6 heteroatoms. The van der Waals surface area contributed by atoms with Crippen molar-refractivity contribution in [2.75, 3.05) is 25.1 Å². The van der Waals surface area contributed by atoms with Crippen LogP contribution in [-0.2, 0) is 9.53 Å². The molecule has 0 atom stereocenters. The number of nitro benzene ring substituents is 1. The zero-order valence-corrected chi connectivity index (χ0v) is 11.9. The van der Waals surface area contributed by atoms with Gasteiger partial charge in [0.25, 0.3) is 5.69 Å². The minimum Gasteiger partial charge on any atom is -0.466 e. The van der Waals surface area contributed by atoms with Crippen molar-refractivity contribution in [3.05, 3.63) is 40.0 Å². The molecule has 0 spiro atoms. The summed E-state index contributed by atoms with van der Waals surface area (Å²) in [5, 5.41) is 11.3. The van der Waals surface area contributed by atoms with Crippen LogP contribution in [0.4, 0.5) is 11.4 Å². The van der Waals surface area contributed by atoms with Gasteiger partial charge in [-0.05, 0) is 37.0 Å². The van der Waals surface area contributed by atoms with E-state index in [1.165, 1.54) is 31.7 Å². The highest BCUT2D eigenvalue weighted by Gasteiger charge is 2.21. The molecule has 1 heterocycles. The molecule has 1 fully saturated rings. The molecule has 112 valence electrons. The highest BCUT2D eigenvalue weighted by Crippen LogP contribution is 2.31. The number of carbonyl (C=O) groups is 1. The lowest BCUT2D eigenvalue weighted by molar-refractivity contribution is -0.384. The van der Waals surface area contributed by atoms with Crippen LogP contribution in [0.2, 0.25) is 0 Å². The Morgan fingerprint density at radius 2 is 2.05 bits per heavy atom. The van der Waals surface area contributed by atoms with Gasteiger partial charge < -0.3 is 9.64 Å². The lowest BCUT2D eigenvalue weighted by Gasteiger charge is -2.28. The summed E-state index contributed by atoms with van der Waals surface area (Å²) in [6, 6.07) is 5.01. The first-order valence-corrected chi connectivity index (χ1v) is 6.91. The van der Waals surface area contributed by atoms with E-state index in [9.17, 15) is 14.9 Å². The molecule has 1 aromatic rings. The summed E-state index contributed by atoms with van der Waals surface area (Å²) < 4.78 is 4.50. The summed E-state index contributed by atoms with van der Waals surface area (Å²) in [6.07, 6.45) is 6.05. The zero-order valence-electron chi connectivity index (χ0n) is 11.9. The van der Waals surface area contributed by atoms with E-state index in [2.05, 4.69) is 9.64 Å². The molecule has 0 unspecified atom stereocenters. The molecule has 0 saturated carbocycles.